The Balaban J connectivity index is 0.000000299. The monoisotopic (exact) mass is 581 g/mol. The quantitative estimate of drug-likeness (QED) is 0.206. The predicted molar refractivity (Wildman–Crippen MR) is 121 cm³/mol. The molecule has 0 aliphatic rings. The van der Waals surface area contributed by atoms with Gasteiger partial charge in [0.1, 0.15) is 5.76 Å². The first kappa shape index (κ1) is 25.7. The number of allylic oxidation sites excluding steroid dienone is 2. The Bertz CT molecular complexity index is 991. The number of ketones is 1. The molecule has 1 aromatic heterocycles. The van der Waals surface area contributed by atoms with Crippen LogP contribution in [0.3, 0.4) is 0 Å². The van der Waals surface area contributed by atoms with Crippen molar-refractivity contribution in [1.29, 1.82) is 0 Å². The largest absolute Gasteiger partial charge is 0.512 e. The summed E-state index contributed by atoms with van der Waals surface area (Å²) in [7, 11) is 0. The normalized spacial score (nSPS) is 11.9. The van der Waals surface area contributed by atoms with Crippen molar-refractivity contribution >= 4 is 16.6 Å². The summed E-state index contributed by atoms with van der Waals surface area (Å²) in [5, 5.41) is 11.9. The van der Waals surface area contributed by atoms with E-state index in [1.165, 1.54) is 16.8 Å². The van der Waals surface area contributed by atoms with Gasteiger partial charge in [-0.1, -0.05) is 65.8 Å². The number of pyridine rings is 1. The summed E-state index contributed by atoms with van der Waals surface area (Å²) in [5.74, 6) is 0.104. The van der Waals surface area contributed by atoms with E-state index in [1.807, 2.05) is 90.2 Å². The molecule has 3 aromatic rings. The minimum absolute atomic E-state index is 0. The molecule has 4 heteroatoms. The Kier molecular flexibility index (Phi) is 9.14. The van der Waals surface area contributed by atoms with Gasteiger partial charge in [-0.3, -0.25) is 4.79 Å². The number of hydrogen-bond donors (Lipinski definition) is 1. The molecule has 30 heavy (non-hydrogen) atoms. The van der Waals surface area contributed by atoms with E-state index in [1.54, 1.807) is 0 Å². The summed E-state index contributed by atoms with van der Waals surface area (Å²) < 4.78 is 0. The van der Waals surface area contributed by atoms with Gasteiger partial charge in [0.2, 0.25) is 0 Å². The molecular weight excluding hydrogens is 551 g/mol. The molecule has 1 N–H and O–H groups in total. The predicted octanol–water partition coefficient (Wildman–Crippen LogP) is 6.79. The van der Waals surface area contributed by atoms with Crippen LogP contribution in [0.5, 0.6) is 0 Å². The summed E-state index contributed by atoms with van der Waals surface area (Å²) in [5.41, 5.74) is 1.28. The van der Waals surface area contributed by atoms with Gasteiger partial charge in [-0.25, -0.2) is 0 Å². The standard InChI is InChI=1S/C15H10N.C11H20O2.Ir/c1-2-7-13(8-3-1)15-14-9-5-4-6-12(14)10-11-16-15;1-10(2,3)8(12)7-9(13)11(4,5)6;/h1-7,9-11H;7,12H,1-6H3;/q-1;;. The van der Waals surface area contributed by atoms with E-state index >= 15 is 0 Å². The molecule has 1 radical (unpaired) electrons. The maximum absolute atomic E-state index is 11.5. The molecule has 2 aromatic carbocycles. The second-order valence-corrected chi connectivity index (χ2v) is 9.05. The first-order chi connectivity index (χ1) is 13.5. The van der Waals surface area contributed by atoms with Crippen molar-refractivity contribution in [2.45, 2.75) is 41.5 Å². The number of aliphatic hydroxyl groups excluding tert-OH is 1. The molecule has 0 fully saturated rings. The van der Waals surface area contributed by atoms with Crippen molar-refractivity contribution in [2.75, 3.05) is 0 Å². The summed E-state index contributed by atoms with van der Waals surface area (Å²) in [6, 6.07) is 21.4. The smallest absolute Gasteiger partial charge is 0.164 e. The van der Waals surface area contributed by atoms with Crippen LogP contribution >= 0.6 is 0 Å². The average Bonchev–Trinajstić information content (AvgIpc) is 2.67. The van der Waals surface area contributed by atoms with Gasteiger partial charge in [-0.2, -0.15) is 0 Å². The topological polar surface area (TPSA) is 50.2 Å². The van der Waals surface area contributed by atoms with Crippen molar-refractivity contribution in [3.63, 3.8) is 0 Å². The van der Waals surface area contributed by atoms with Crippen molar-refractivity contribution in [3.05, 3.63) is 78.7 Å². The van der Waals surface area contributed by atoms with Crippen LogP contribution in [-0.2, 0) is 24.9 Å². The third kappa shape index (κ3) is 7.19. The number of hydrogen-bond acceptors (Lipinski definition) is 3. The second kappa shape index (κ2) is 10.7. The molecule has 161 valence electrons. The second-order valence-electron chi connectivity index (χ2n) is 9.05. The molecule has 0 aliphatic heterocycles. The van der Waals surface area contributed by atoms with Crippen LogP contribution in [0.15, 0.2) is 72.6 Å². The number of carbonyl (C=O) groups excluding carboxylic acids is 1. The number of rotatable bonds is 2. The SMILES string of the molecule is CC(C)(C)C(=O)C=C(O)C(C)(C)C.[Ir].[c-]1ccccc1-c1nccc2ccccc12. The average molecular weight is 581 g/mol. The maximum atomic E-state index is 11.5. The maximum Gasteiger partial charge on any atom is 0.164 e. The number of carbonyl (C=O) groups is 1. The molecule has 0 unspecified atom stereocenters. The Hall–Kier alpha value is -2.29. The van der Waals surface area contributed by atoms with Crippen LogP contribution in [0.25, 0.3) is 22.0 Å². The van der Waals surface area contributed by atoms with Crippen LogP contribution in [0.1, 0.15) is 41.5 Å². The molecule has 3 rings (SSSR count). The van der Waals surface area contributed by atoms with E-state index in [0.717, 1.165) is 11.3 Å². The number of aromatic nitrogens is 1. The fraction of sp³-hybridized carbons (Fsp3) is 0.308. The molecular formula is C26H30IrNO2-. The van der Waals surface area contributed by atoms with Gasteiger partial charge in [0.25, 0.3) is 0 Å². The fourth-order valence-corrected chi connectivity index (χ4v) is 2.43. The third-order valence-corrected chi connectivity index (χ3v) is 4.41. The number of fused-ring (bicyclic) bond motifs is 1. The summed E-state index contributed by atoms with van der Waals surface area (Å²) in [6.07, 6.45) is 3.18. The molecule has 0 amide bonds. The van der Waals surface area contributed by atoms with E-state index in [4.69, 9.17) is 0 Å². The molecule has 0 saturated heterocycles. The first-order valence-corrected chi connectivity index (χ1v) is 9.76. The zero-order valence-electron chi connectivity index (χ0n) is 18.5. The zero-order valence-corrected chi connectivity index (χ0v) is 20.9. The third-order valence-electron chi connectivity index (χ3n) is 4.41. The molecule has 0 aliphatic carbocycles. The van der Waals surface area contributed by atoms with Crippen molar-refractivity contribution in [1.82, 2.24) is 4.98 Å². The van der Waals surface area contributed by atoms with E-state index in [-0.39, 0.29) is 37.1 Å². The fourth-order valence-electron chi connectivity index (χ4n) is 2.43. The molecule has 0 bridgehead atoms. The summed E-state index contributed by atoms with van der Waals surface area (Å²) >= 11 is 0. The molecule has 0 saturated carbocycles. The van der Waals surface area contributed by atoms with E-state index in [9.17, 15) is 9.90 Å². The summed E-state index contributed by atoms with van der Waals surface area (Å²) in [4.78, 5) is 15.9. The van der Waals surface area contributed by atoms with Crippen LogP contribution < -0.4 is 0 Å². The Morgan fingerprint density at radius 3 is 2.13 bits per heavy atom. The van der Waals surface area contributed by atoms with Gasteiger partial charge in [0.05, 0.1) is 0 Å². The van der Waals surface area contributed by atoms with Gasteiger partial charge in [-0.15, -0.1) is 35.9 Å². The van der Waals surface area contributed by atoms with E-state index in [0.29, 0.717) is 0 Å². The minimum Gasteiger partial charge on any atom is -0.512 e. The Labute approximate surface area is 193 Å². The van der Waals surface area contributed by atoms with Crippen LogP contribution in [0.2, 0.25) is 0 Å². The van der Waals surface area contributed by atoms with Crippen LogP contribution in [0, 0.1) is 16.9 Å². The first-order valence-electron chi connectivity index (χ1n) is 9.76. The summed E-state index contributed by atoms with van der Waals surface area (Å²) in [6.45, 7) is 11.1. The van der Waals surface area contributed by atoms with Gasteiger partial charge >= 0.3 is 0 Å². The van der Waals surface area contributed by atoms with E-state index in [2.05, 4.69) is 23.2 Å². The molecule has 3 nitrogen and oxygen atoms in total. The van der Waals surface area contributed by atoms with Crippen molar-refractivity contribution in [2.24, 2.45) is 10.8 Å². The van der Waals surface area contributed by atoms with Gasteiger partial charge in [0, 0.05) is 43.2 Å². The van der Waals surface area contributed by atoms with Gasteiger partial charge < -0.3 is 10.1 Å². The number of benzene rings is 2. The van der Waals surface area contributed by atoms with E-state index < -0.39 is 5.41 Å². The van der Waals surface area contributed by atoms with Crippen molar-refractivity contribution < 1.29 is 30.0 Å². The van der Waals surface area contributed by atoms with Gasteiger partial charge in [-0.05, 0) is 22.5 Å². The van der Waals surface area contributed by atoms with Gasteiger partial charge in [0.15, 0.2) is 5.78 Å². The Morgan fingerprint density at radius 2 is 1.57 bits per heavy atom. The van der Waals surface area contributed by atoms with Crippen LogP contribution in [0.4, 0.5) is 0 Å². The number of nitrogens with zero attached hydrogens (tertiary/aromatic N) is 1. The molecule has 0 spiro atoms. The number of aliphatic hydroxyl groups is 1. The Morgan fingerprint density at radius 1 is 0.933 bits per heavy atom. The minimum atomic E-state index is -0.417. The molecule has 1 heterocycles. The van der Waals surface area contributed by atoms with Crippen molar-refractivity contribution in [3.8, 4) is 11.3 Å². The zero-order chi connectivity index (χ0) is 21.7. The van der Waals surface area contributed by atoms with Crippen LogP contribution in [-0.4, -0.2) is 15.9 Å². The molecule has 0 atom stereocenters.